The summed E-state index contributed by atoms with van der Waals surface area (Å²) in [4.78, 5) is 2.00. The summed E-state index contributed by atoms with van der Waals surface area (Å²) in [5, 5.41) is 13.0. The molecule has 3 aromatic carbocycles. The first-order chi connectivity index (χ1) is 11.1. The summed E-state index contributed by atoms with van der Waals surface area (Å²) >= 11 is 0. The Morgan fingerprint density at radius 3 is 2.39 bits per heavy atom. The number of hydrogen-bond donors (Lipinski definition) is 1. The van der Waals surface area contributed by atoms with Crippen molar-refractivity contribution < 1.29 is 5.11 Å². The molecule has 0 radical (unpaired) electrons. The molecule has 0 spiro atoms. The lowest BCUT2D eigenvalue weighted by molar-refractivity contribution is 0.0175. The highest BCUT2D eigenvalue weighted by Gasteiger charge is 2.13. The maximum atomic E-state index is 10.5. The minimum absolute atomic E-state index is 0.490. The topological polar surface area (TPSA) is 23.5 Å². The maximum absolute atomic E-state index is 10.5. The molecule has 0 saturated heterocycles. The number of nitrogens with zero attached hydrogens (tertiary/aromatic N) is 1. The van der Waals surface area contributed by atoms with Crippen LogP contribution in [0.15, 0.2) is 66.7 Å². The Labute approximate surface area is 138 Å². The van der Waals surface area contributed by atoms with Crippen LogP contribution in [0, 0.1) is 6.92 Å². The Kier molecular flexibility index (Phi) is 4.75. The van der Waals surface area contributed by atoms with Crippen LogP contribution in [0.3, 0.4) is 0 Å². The van der Waals surface area contributed by atoms with Crippen LogP contribution >= 0.6 is 0 Å². The molecule has 0 aromatic heterocycles. The van der Waals surface area contributed by atoms with Crippen LogP contribution < -0.4 is 0 Å². The molecule has 0 bridgehead atoms. The lowest BCUT2D eigenvalue weighted by Gasteiger charge is -2.24. The second kappa shape index (κ2) is 6.95. The van der Waals surface area contributed by atoms with Crippen molar-refractivity contribution in [3.05, 3.63) is 83.4 Å². The molecule has 0 saturated carbocycles. The zero-order valence-electron chi connectivity index (χ0n) is 13.7. The van der Waals surface area contributed by atoms with Crippen molar-refractivity contribution in [3.8, 4) is 0 Å². The van der Waals surface area contributed by atoms with E-state index in [1.165, 1.54) is 21.9 Å². The fourth-order valence-corrected chi connectivity index (χ4v) is 2.89. The van der Waals surface area contributed by atoms with Gasteiger partial charge >= 0.3 is 0 Å². The van der Waals surface area contributed by atoms with Crippen molar-refractivity contribution in [2.75, 3.05) is 7.05 Å². The van der Waals surface area contributed by atoms with E-state index in [4.69, 9.17) is 0 Å². The van der Waals surface area contributed by atoms with Crippen molar-refractivity contribution >= 4 is 10.8 Å². The van der Waals surface area contributed by atoms with E-state index in [1.807, 2.05) is 36.2 Å². The van der Waals surface area contributed by atoms with E-state index in [2.05, 4.69) is 49.4 Å². The fourth-order valence-electron chi connectivity index (χ4n) is 2.89. The number of hydrogen-bond acceptors (Lipinski definition) is 2. The molecule has 1 unspecified atom stereocenters. The average Bonchev–Trinajstić information content (AvgIpc) is 2.56. The third-order valence-corrected chi connectivity index (χ3v) is 4.42. The second-order valence-corrected chi connectivity index (χ2v) is 6.21. The molecule has 1 atom stereocenters. The lowest BCUT2D eigenvalue weighted by Crippen LogP contribution is -2.33. The van der Waals surface area contributed by atoms with Crippen LogP contribution in [0.1, 0.15) is 16.7 Å². The van der Waals surface area contributed by atoms with Gasteiger partial charge in [-0.15, -0.1) is 0 Å². The number of aryl methyl sites for hydroxylation is 1. The van der Waals surface area contributed by atoms with E-state index in [1.54, 1.807) is 0 Å². The van der Waals surface area contributed by atoms with E-state index in [0.29, 0.717) is 6.42 Å². The Morgan fingerprint density at radius 1 is 0.913 bits per heavy atom. The van der Waals surface area contributed by atoms with Gasteiger partial charge in [-0.3, -0.25) is 4.90 Å². The zero-order valence-corrected chi connectivity index (χ0v) is 13.7. The Bertz CT molecular complexity index is 796. The van der Waals surface area contributed by atoms with Gasteiger partial charge in [0.2, 0.25) is 0 Å². The van der Waals surface area contributed by atoms with Gasteiger partial charge in [-0.2, -0.15) is 0 Å². The van der Waals surface area contributed by atoms with Gasteiger partial charge in [0.15, 0.2) is 0 Å². The van der Waals surface area contributed by atoms with Crippen LogP contribution in [-0.2, 0) is 13.0 Å². The molecule has 0 aliphatic rings. The molecule has 1 N–H and O–H groups in total. The smallest absolute Gasteiger partial charge is 0.111 e. The molecule has 23 heavy (non-hydrogen) atoms. The quantitative estimate of drug-likeness (QED) is 0.716. The summed E-state index contributed by atoms with van der Waals surface area (Å²) in [6, 6.07) is 23.0. The molecule has 0 fully saturated rings. The second-order valence-electron chi connectivity index (χ2n) is 6.21. The van der Waals surface area contributed by atoms with Gasteiger partial charge in [0.05, 0.1) is 0 Å². The van der Waals surface area contributed by atoms with Crippen LogP contribution in [0.5, 0.6) is 0 Å². The minimum Gasteiger partial charge on any atom is -0.378 e. The maximum Gasteiger partial charge on any atom is 0.111 e. The average molecular weight is 305 g/mol. The van der Waals surface area contributed by atoms with Crippen molar-refractivity contribution in [1.82, 2.24) is 4.90 Å². The summed E-state index contributed by atoms with van der Waals surface area (Å²) in [6.07, 6.45) is 0.142. The number of rotatable bonds is 5. The first-order valence-electron chi connectivity index (χ1n) is 8.04. The molecule has 3 rings (SSSR count). The highest BCUT2D eigenvalue weighted by atomic mass is 16.3. The van der Waals surface area contributed by atoms with Crippen LogP contribution in [0.25, 0.3) is 10.8 Å². The van der Waals surface area contributed by atoms with Crippen molar-refractivity contribution in [3.63, 3.8) is 0 Å². The molecule has 118 valence electrons. The summed E-state index contributed by atoms with van der Waals surface area (Å²) < 4.78 is 0. The first-order valence-corrected chi connectivity index (χ1v) is 8.04. The number of aliphatic hydroxyl groups excluding tert-OH is 1. The predicted molar refractivity (Wildman–Crippen MR) is 96.3 cm³/mol. The SMILES string of the molecule is Cc1ccccc1CN(C)C(O)Cc1ccc2ccccc2c1. The Balaban J connectivity index is 1.69. The molecule has 0 aliphatic heterocycles. The van der Waals surface area contributed by atoms with E-state index in [0.717, 1.165) is 12.1 Å². The normalized spacial score (nSPS) is 12.7. The molecule has 2 heteroatoms. The number of aliphatic hydroxyl groups is 1. The lowest BCUT2D eigenvalue weighted by atomic mass is 10.0. The summed E-state index contributed by atoms with van der Waals surface area (Å²) in [6.45, 7) is 2.86. The number of fused-ring (bicyclic) bond motifs is 1. The van der Waals surface area contributed by atoms with E-state index in [9.17, 15) is 5.11 Å². The number of likely N-dealkylation sites (N-methyl/N-ethyl adjacent to an activating group) is 1. The van der Waals surface area contributed by atoms with Gasteiger partial charge in [0.1, 0.15) is 6.23 Å². The standard InChI is InChI=1S/C21H23NO/c1-16-7-3-4-10-20(16)15-22(2)21(23)14-17-11-12-18-8-5-6-9-19(18)13-17/h3-13,21,23H,14-15H2,1-2H3. The Hall–Kier alpha value is -2.16. The van der Waals surface area contributed by atoms with E-state index in [-0.39, 0.29) is 0 Å². The van der Waals surface area contributed by atoms with Crippen molar-refractivity contribution in [1.29, 1.82) is 0 Å². The zero-order chi connectivity index (χ0) is 16.2. The van der Waals surface area contributed by atoms with Gasteiger partial charge in [-0.1, -0.05) is 66.7 Å². The van der Waals surface area contributed by atoms with Crippen LogP contribution in [0.2, 0.25) is 0 Å². The van der Waals surface area contributed by atoms with Crippen molar-refractivity contribution in [2.24, 2.45) is 0 Å². The molecular weight excluding hydrogens is 282 g/mol. The molecule has 0 aliphatic carbocycles. The van der Waals surface area contributed by atoms with Crippen molar-refractivity contribution in [2.45, 2.75) is 26.1 Å². The van der Waals surface area contributed by atoms with E-state index >= 15 is 0 Å². The van der Waals surface area contributed by atoms with Gasteiger partial charge in [0, 0.05) is 13.0 Å². The van der Waals surface area contributed by atoms with E-state index < -0.39 is 6.23 Å². The molecule has 0 heterocycles. The summed E-state index contributed by atoms with van der Waals surface area (Å²) in [7, 11) is 1.97. The van der Waals surface area contributed by atoms with Crippen LogP contribution in [0.4, 0.5) is 0 Å². The minimum atomic E-state index is -0.490. The third-order valence-electron chi connectivity index (χ3n) is 4.42. The first kappa shape index (κ1) is 15.7. The third kappa shape index (κ3) is 3.79. The number of benzene rings is 3. The Morgan fingerprint density at radius 2 is 1.61 bits per heavy atom. The van der Waals surface area contributed by atoms with Gasteiger partial charge in [0.25, 0.3) is 0 Å². The van der Waals surface area contributed by atoms with Gasteiger partial charge in [-0.25, -0.2) is 0 Å². The summed E-state index contributed by atoms with van der Waals surface area (Å²) in [5.74, 6) is 0. The highest BCUT2D eigenvalue weighted by molar-refractivity contribution is 5.82. The van der Waals surface area contributed by atoms with Crippen LogP contribution in [-0.4, -0.2) is 23.3 Å². The largest absolute Gasteiger partial charge is 0.378 e. The molecule has 2 nitrogen and oxygen atoms in total. The van der Waals surface area contributed by atoms with Gasteiger partial charge in [-0.05, 0) is 41.4 Å². The monoisotopic (exact) mass is 305 g/mol. The summed E-state index contributed by atoms with van der Waals surface area (Å²) in [5.41, 5.74) is 3.68. The highest BCUT2D eigenvalue weighted by Crippen LogP contribution is 2.18. The predicted octanol–water partition coefficient (Wildman–Crippen LogP) is 4.14. The fraction of sp³-hybridized carbons (Fsp3) is 0.238. The molecule has 3 aromatic rings. The van der Waals surface area contributed by atoms with Gasteiger partial charge < -0.3 is 5.11 Å². The molecule has 0 amide bonds. The molecular formula is C21H23NO.